The molecule has 8 heteroatoms. The smallest absolute Gasteiger partial charge is 0.243 e. The fourth-order valence-corrected chi connectivity index (χ4v) is 5.64. The van der Waals surface area contributed by atoms with Gasteiger partial charge in [0.25, 0.3) is 0 Å². The number of aryl methyl sites for hydroxylation is 1. The number of sulfonamides is 1. The van der Waals surface area contributed by atoms with Crippen LogP contribution in [0, 0.1) is 6.92 Å². The first-order chi connectivity index (χ1) is 14.4. The molecule has 1 saturated carbocycles. The normalized spacial score (nSPS) is 15.6. The first-order valence-corrected chi connectivity index (χ1v) is 11.9. The van der Waals surface area contributed by atoms with Crippen LogP contribution < -0.4 is 0 Å². The number of hydrogen-bond donors (Lipinski definition) is 0. The molecular formula is C22H24ClN3O3S. The van der Waals surface area contributed by atoms with Gasteiger partial charge in [0.2, 0.25) is 21.7 Å². The Kier molecular flexibility index (Phi) is 6.22. The highest BCUT2D eigenvalue weighted by atomic mass is 35.5. The summed E-state index contributed by atoms with van der Waals surface area (Å²) in [5, 5.41) is 4.57. The molecule has 0 bridgehead atoms. The molecule has 0 aliphatic heterocycles. The van der Waals surface area contributed by atoms with Gasteiger partial charge < -0.3 is 4.52 Å². The van der Waals surface area contributed by atoms with Gasteiger partial charge in [-0.15, -0.1) is 0 Å². The fourth-order valence-electron chi connectivity index (χ4n) is 3.88. The van der Waals surface area contributed by atoms with Crippen molar-refractivity contribution in [3.8, 4) is 11.4 Å². The van der Waals surface area contributed by atoms with Crippen LogP contribution in [-0.2, 0) is 16.6 Å². The van der Waals surface area contributed by atoms with Gasteiger partial charge in [-0.2, -0.15) is 9.29 Å². The zero-order valence-electron chi connectivity index (χ0n) is 16.8. The van der Waals surface area contributed by atoms with E-state index in [1.807, 2.05) is 31.2 Å². The maximum Gasteiger partial charge on any atom is 0.243 e. The van der Waals surface area contributed by atoms with Gasteiger partial charge in [-0.05, 0) is 50.1 Å². The Hall–Kier alpha value is -2.22. The van der Waals surface area contributed by atoms with Crippen LogP contribution in [0.15, 0.2) is 57.9 Å². The molecule has 4 rings (SSSR count). The molecule has 3 aromatic rings. The molecule has 0 saturated heterocycles. The minimum atomic E-state index is -3.73. The monoisotopic (exact) mass is 445 g/mol. The molecule has 158 valence electrons. The van der Waals surface area contributed by atoms with Gasteiger partial charge in [0.1, 0.15) is 0 Å². The molecule has 1 heterocycles. The maximum atomic E-state index is 13.5. The van der Waals surface area contributed by atoms with Crippen LogP contribution in [0.2, 0.25) is 5.02 Å². The highest BCUT2D eigenvalue weighted by Gasteiger charge is 2.34. The van der Waals surface area contributed by atoms with Crippen LogP contribution in [0.5, 0.6) is 0 Å². The van der Waals surface area contributed by atoms with Gasteiger partial charge in [-0.25, -0.2) is 8.42 Å². The van der Waals surface area contributed by atoms with Crippen molar-refractivity contribution < 1.29 is 12.9 Å². The van der Waals surface area contributed by atoms with Crippen molar-refractivity contribution in [3.05, 3.63) is 65.0 Å². The van der Waals surface area contributed by atoms with Crippen molar-refractivity contribution in [1.82, 2.24) is 14.4 Å². The number of halogens is 1. The van der Waals surface area contributed by atoms with Gasteiger partial charge in [-0.1, -0.05) is 59.8 Å². The standard InChI is InChI=1S/C22H24ClN3O3S/c1-16-6-5-7-17(14-16)22-24-21(29-25-22)15-26(19-8-3-2-4-9-19)30(27,28)20-12-10-18(23)11-13-20/h5-7,10-14,19H,2-4,8-9,15H2,1H3. The largest absolute Gasteiger partial charge is 0.338 e. The third kappa shape index (κ3) is 4.58. The molecule has 30 heavy (non-hydrogen) atoms. The van der Waals surface area contributed by atoms with Crippen LogP contribution in [0.25, 0.3) is 11.4 Å². The quantitative estimate of drug-likeness (QED) is 0.519. The summed E-state index contributed by atoms with van der Waals surface area (Å²) < 4.78 is 33.9. The lowest BCUT2D eigenvalue weighted by Gasteiger charge is -2.32. The van der Waals surface area contributed by atoms with Crippen LogP contribution in [0.4, 0.5) is 0 Å². The van der Waals surface area contributed by atoms with Gasteiger partial charge in [0.05, 0.1) is 11.4 Å². The van der Waals surface area contributed by atoms with Crippen molar-refractivity contribution >= 4 is 21.6 Å². The first kappa shape index (κ1) is 21.0. The molecule has 0 N–H and O–H groups in total. The molecule has 2 aromatic carbocycles. The second-order valence-corrected chi connectivity index (χ2v) is 10.0. The zero-order chi connectivity index (χ0) is 21.1. The van der Waals surface area contributed by atoms with Crippen LogP contribution >= 0.6 is 11.6 Å². The minimum Gasteiger partial charge on any atom is -0.338 e. The van der Waals surface area contributed by atoms with E-state index in [9.17, 15) is 8.42 Å². The molecule has 1 aliphatic rings. The molecule has 0 amide bonds. The second kappa shape index (κ2) is 8.88. The summed E-state index contributed by atoms with van der Waals surface area (Å²) in [5.74, 6) is 0.746. The lowest BCUT2D eigenvalue weighted by Crippen LogP contribution is -2.41. The number of aromatic nitrogens is 2. The maximum absolute atomic E-state index is 13.5. The Morgan fingerprint density at radius 3 is 2.53 bits per heavy atom. The molecular weight excluding hydrogens is 422 g/mol. The average molecular weight is 446 g/mol. The van der Waals surface area contributed by atoms with Crippen molar-refractivity contribution in [2.24, 2.45) is 0 Å². The Morgan fingerprint density at radius 1 is 1.10 bits per heavy atom. The third-order valence-corrected chi connectivity index (χ3v) is 7.60. The number of rotatable bonds is 6. The molecule has 1 aromatic heterocycles. The van der Waals surface area contributed by atoms with E-state index in [1.165, 1.54) is 4.31 Å². The van der Waals surface area contributed by atoms with E-state index in [0.29, 0.717) is 10.8 Å². The van der Waals surface area contributed by atoms with E-state index in [2.05, 4.69) is 10.1 Å². The zero-order valence-corrected chi connectivity index (χ0v) is 18.4. The average Bonchev–Trinajstić information content (AvgIpc) is 3.22. The van der Waals surface area contributed by atoms with Crippen molar-refractivity contribution in [2.75, 3.05) is 0 Å². The van der Waals surface area contributed by atoms with E-state index in [4.69, 9.17) is 16.1 Å². The van der Waals surface area contributed by atoms with E-state index >= 15 is 0 Å². The Bertz CT molecular complexity index is 1110. The minimum absolute atomic E-state index is 0.0500. The molecule has 0 spiro atoms. The summed E-state index contributed by atoms with van der Waals surface area (Å²) in [6, 6.07) is 14.0. The van der Waals surface area contributed by atoms with E-state index in [-0.39, 0.29) is 23.4 Å². The second-order valence-electron chi connectivity index (χ2n) is 7.68. The summed E-state index contributed by atoms with van der Waals surface area (Å²) in [6.45, 7) is 2.04. The van der Waals surface area contributed by atoms with Gasteiger partial charge in [-0.3, -0.25) is 0 Å². The van der Waals surface area contributed by atoms with E-state index < -0.39 is 10.0 Å². The molecule has 1 aliphatic carbocycles. The first-order valence-electron chi connectivity index (χ1n) is 10.1. The van der Waals surface area contributed by atoms with E-state index in [1.54, 1.807) is 24.3 Å². The lowest BCUT2D eigenvalue weighted by atomic mass is 9.95. The van der Waals surface area contributed by atoms with E-state index in [0.717, 1.165) is 43.2 Å². The summed E-state index contributed by atoms with van der Waals surface area (Å²) in [4.78, 5) is 4.69. The SMILES string of the molecule is Cc1cccc(-c2noc(CN(C3CCCCC3)S(=O)(=O)c3ccc(Cl)cc3)n2)c1. The molecule has 0 radical (unpaired) electrons. The number of hydrogen-bond acceptors (Lipinski definition) is 5. The van der Waals surface area contributed by atoms with Crippen molar-refractivity contribution in [1.29, 1.82) is 0 Å². The number of benzene rings is 2. The Balaban J connectivity index is 1.65. The van der Waals surface area contributed by atoms with Gasteiger partial charge in [0.15, 0.2) is 0 Å². The van der Waals surface area contributed by atoms with Crippen LogP contribution in [0.1, 0.15) is 43.6 Å². The predicted molar refractivity (Wildman–Crippen MR) is 116 cm³/mol. The Morgan fingerprint density at radius 2 is 1.83 bits per heavy atom. The molecule has 0 atom stereocenters. The van der Waals surface area contributed by atoms with Crippen molar-refractivity contribution in [3.63, 3.8) is 0 Å². The topological polar surface area (TPSA) is 76.3 Å². The summed E-state index contributed by atoms with van der Waals surface area (Å²) in [6.07, 6.45) is 4.80. The van der Waals surface area contributed by atoms with Crippen LogP contribution in [0.3, 0.4) is 0 Å². The Labute approximate surface area is 181 Å². The van der Waals surface area contributed by atoms with Gasteiger partial charge >= 0.3 is 0 Å². The summed E-state index contributed by atoms with van der Waals surface area (Å²) in [7, 11) is -3.73. The molecule has 1 fully saturated rings. The summed E-state index contributed by atoms with van der Waals surface area (Å²) in [5.41, 5.74) is 1.93. The third-order valence-electron chi connectivity index (χ3n) is 5.44. The fraction of sp³-hybridized carbons (Fsp3) is 0.364. The summed E-state index contributed by atoms with van der Waals surface area (Å²) >= 11 is 5.95. The highest BCUT2D eigenvalue weighted by Crippen LogP contribution is 2.30. The number of nitrogens with zero attached hydrogens (tertiary/aromatic N) is 3. The predicted octanol–water partition coefficient (Wildman–Crippen LogP) is 5.22. The lowest BCUT2D eigenvalue weighted by molar-refractivity contribution is 0.223. The van der Waals surface area contributed by atoms with Crippen LogP contribution in [-0.4, -0.2) is 28.9 Å². The molecule has 6 nitrogen and oxygen atoms in total. The van der Waals surface area contributed by atoms with Crippen molar-refractivity contribution in [2.45, 2.75) is 56.5 Å². The highest BCUT2D eigenvalue weighted by molar-refractivity contribution is 7.89. The van der Waals surface area contributed by atoms with Gasteiger partial charge in [0, 0.05) is 16.6 Å². The molecule has 0 unspecified atom stereocenters.